The molecule has 5 rings (SSSR count). The lowest BCUT2D eigenvalue weighted by Crippen LogP contribution is -2.30. The van der Waals surface area contributed by atoms with Crippen LogP contribution in [0.25, 0.3) is 22.6 Å². The Morgan fingerprint density at radius 3 is 2.41 bits per heavy atom. The molecule has 2 heterocycles. The van der Waals surface area contributed by atoms with Gasteiger partial charge in [-0.15, -0.1) is 0 Å². The van der Waals surface area contributed by atoms with Crippen LogP contribution in [0.2, 0.25) is 0 Å². The molecule has 0 unspecified atom stereocenters. The Kier molecular flexibility index (Phi) is 6.41. The Balaban J connectivity index is 1.36. The molecule has 0 spiro atoms. The number of oxazole rings is 1. The number of nitrogens with one attached hydrogen (secondary N) is 1. The number of anilines is 2. The van der Waals surface area contributed by atoms with Crippen molar-refractivity contribution in [2.75, 3.05) is 23.3 Å². The van der Waals surface area contributed by atoms with Crippen LogP contribution in [0.4, 0.5) is 17.1 Å². The molecule has 1 aromatic heterocycles. The van der Waals surface area contributed by atoms with Gasteiger partial charge in [-0.25, -0.2) is 4.98 Å². The first kappa shape index (κ1) is 24.5. The van der Waals surface area contributed by atoms with Crippen LogP contribution in [0.5, 0.6) is 0 Å². The van der Waals surface area contributed by atoms with E-state index >= 15 is 0 Å². The van der Waals surface area contributed by atoms with Gasteiger partial charge >= 0.3 is 0 Å². The number of piperidine rings is 1. The van der Waals surface area contributed by atoms with Gasteiger partial charge in [0.25, 0.3) is 11.6 Å². The minimum Gasteiger partial charge on any atom is -0.436 e. The molecule has 4 aromatic rings. The predicted molar refractivity (Wildman–Crippen MR) is 145 cm³/mol. The fraction of sp³-hybridized carbons (Fsp3) is 0.310. The standard InChI is InChI=1S/C29H30N4O4/c1-29(2,3)21-10-7-19(8-11-21)28-31-23-18-22(12-14-26(23)37-28)30-27(34)20-9-13-24(25(17-20)33(35)36)32-15-5-4-6-16-32/h7-14,17-18H,4-6,15-16H2,1-3H3,(H,30,34). The van der Waals surface area contributed by atoms with Gasteiger partial charge in [-0.05, 0) is 72.7 Å². The topological polar surface area (TPSA) is 102 Å². The molecular weight excluding hydrogens is 468 g/mol. The summed E-state index contributed by atoms with van der Waals surface area (Å²) in [5.41, 5.74) is 4.64. The third-order valence-electron chi connectivity index (χ3n) is 6.77. The highest BCUT2D eigenvalue weighted by molar-refractivity contribution is 6.05. The maximum absolute atomic E-state index is 13.0. The maximum atomic E-state index is 13.0. The van der Waals surface area contributed by atoms with Gasteiger partial charge in [-0.2, -0.15) is 0 Å². The number of nitro groups is 1. The molecule has 0 atom stereocenters. The van der Waals surface area contributed by atoms with Crippen LogP contribution >= 0.6 is 0 Å². The molecule has 3 aromatic carbocycles. The molecule has 0 aliphatic carbocycles. The van der Waals surface area contributed by atoms with E-state index in [0.29, 0.717) is 28.4 Å². The van der Waals surface area contributed by atoms with Crippen LogP contribution < -0.4 is 10.2 Å². The number of hydrogen-bond acceptors (Lipinski definition) is 6. The Morgan fingerprint density at radius 1 is 1.00 bits per heavy atom. The summed E-state index contributed by atoms with van der Waals surface area (Å²) in [6.45, 7) is 8.06. The molecule has 1 fully saturated rings. The summed E-state index contributed by atoms with van der Waals surface area (Å²) in [6, 6.07) is 18.0. The minimum absolute atomic E-state index is 0.0522. The first-order valence-electron chi connectivity index (χ1n) is 12.6. The molecule has 8 heteroatoms. The van der Waals surface area contributed by atoms with Crippen molar-refractivity contribution in [1.82, 2.24) is 4.98 Å². The molecule has 1 saturated heterocycles. The Bertz CT molecular complexity index is 1460. The number of rotatable bonds is 5. The molecule has 0 saturated carbocycles. The van der Waals surface area contributed by atoms with Crippen LogP contribution in [0.1, 0.15) is 56.0 Å². The Labute approximate surface area is 215 Å². The van der Waals surface area contributed by atoms with Crippen molar-refractivity contribution in [3.63, 3.8) is 0 Å². The summed E-state index contributed by atoms with van der Waals surface area (Å²) in [6.07, 6.45) is 3.15. The predicted octanol–water partition coefficient (Wildman–Crippen LogP) is 6.94. The van der Waals surface area contributed by atoms with Crippen LogP contribution in [0, 0.1) is 10.1 Å². The minimum atomic E-state index is -0.422. The number of hydrogen-bond donors (Lipinski definition) is 1. The zero-order chi connectivity index (χ0) is 26.2. The SMILES string of the molecule is CC(C)(C)c1ccc(-c2nc3cc(NC(=O)c4ccc(N5CCCCC5)c([N+](=O)[O-])c4)ccc3o2)cc1. The van der Waals surface area contributed by atoms with E-state index in [4.69, 9.17) is 4.42 Å². The quantitative estimate of drug-likeness (QED) is 0.236. The van der Waals surface area contributed by atoms with E-state index < -0.39 is 10.8 Å². The molecule has 1 aliphatic rings. The Hall–Kier alpha value is -4.20. The van der Waals surface area contributed by atoms with E-state index in [-0.39, 0.29) is 16.7 Å². The summed E-state index contributed by atoms with van der Waals surface area (Å²) in [4.78, 5) is 30.9. The number of carbonyl (C=O) groups excluding carboxylic acids is 1. The number of benzene rings is 3. The van der Waals surface area contributed by atoms with E-state index in [0.717, 1.165) is 37.9 Å². The average molecular weight is 499 g/mol. The fourth-order valence-corrected chi connectivity index (χ4v) is 4.66. The third-order valence-corrected chi connectivity index (χ3v) is 6.77. The largest absolute Gasteiger partial charge is 0.436 e. The number of carbonyl (C=O) groups is 1. The second-order valence-electron chi connectivity index (χ2n) is 10.5. The average Bonchev–Trinajstić information content (AvgIpc) is 3.32. The fourth-order valence-electron chi connectivity index (χ4n) is 4.66. The van der Waals surface area contributed by atoms with Gasteiger partial charge in [0.05, 0.1) is 4.92 Å². The second kappa shape index (κ2) is 9.69. The zero-order valence-corrected chi connectivity index (χ0v) is 21.3. The maximum Gasteiger partial charge on any atom is 0.293 e. The lowest BCUT2D eigenvalue weighted by molar-refractivity contribution is -0.384. The van der Waals surface area contributed by atoms with Crippen molar-refractivity contribution in [3.05, 3.63) is 81.9 Å². The highest BCUT2D eigenvalue weighted by Crippen LogP contribution is 2.32. The van der Waals surface area contributed by atoms with E-state index in [1.807, 2.05) is 17.0 Å². The van der Waals surface area contributed by atoms with Crippen LogP contribution in [0.15, 0.2) is 65.1 Å². The summed E-state index contributed by atoms with van der Waals surface area (Å²) in [5, 5.41) is 14.6. The molecule has 1 N–H and O–H groups in total. The van der Waals surface area contributed by atoms with Crippen molar-refractivity contribution in [1.29, 1.82) is 0 Å². The van der Waals surface area contributed by atoms with Crippen molar-refractivity contribution in [3.8, 4) is 11.5 Å². The normalized spacial score (nSPS) is 14.1. The lowest BCUT2D eigenvalue weighted by Gasteiger charge is -2.28. The Morgan fingerprint density at radius 2 is 1.73 bits per heavy atom. The van der Waals surface area contributed by atoms with Gasteiger partial charge < -0.3 is 14.6 Å². The highest BCUT2D eigenvalue weighted by Gasteiger charge is 2.23. The molecule has 190 valence electrons. The number of amides is 1. The van der Waals surface area contributed by atoms with Crippen LogP contribution in [0.3, 0.4) is 0 Å². The van der Waals surface area contributed by atoms with Gasteiger partial charge in [0.1, 0.15) is 11.2 Å². The van der Waals surface area contributed by atoms with Crippen molar-refractivity contribution in [2.45, 2.75) is 45.4 Å². The summed E-state index contributed by atoms with van der Waals surface area (Å²) in [7, 11) is 0. The van der Waals surface area contributed by atoms with E-state index in [1.165, 1.54) is 11.6 Å². The molecule has 1 amide bonds. The highest BCUT2D eigenvalue weighted by atomic mass is 16.6. The van der Waals surface area contributed by atoms with E-state index in [9.17, 15) is 14.9 Å². The molecule has 8 nitrogen and oxygen atoms in total. The summed E-state index contributed by atoms with van der Waals surface area (Å²) < 4.78 is 5.93. The van der Waals surface area contributed by atoms with Crippen molar-refractivity contribution in [2.24, 2.45) is 0 Å². The van der Waals surface area contributed by atoms with E-state index in [2.05, 4.69) is 43.2 Å². The van der Waals surface area contributed by atoms with Gasteiger partial charge in [0.2, 0.25) is 5.89 Å². The number of nitro benzene ring substituents is 1. The molecule has 37 heavy (non-hydrogen) atoms. The summed E-state index contributed by atoms with van der Waals surface area (Å²) >= 11 is 0. The molecular formula is C29H30N4O4. The first-order chi connectivity index (χ1) is 17.7. The number of aromatic nitrogens is 1. The molecule has 0 bridgehead atoms. The van der Waals surface area contributed by atoms with Gasteiger partial charge in [0.15, 0.2) is 5.58 Å². The van der Waals surface area contributed by atoms with Gasteiger partial charge in [-0.1, -0.05) is 32.9 Å². The summed E-state index contributed by atoms with van der Waals surface area (Å²) in [5.74, 6) is 0.0805. The van der Waals surface area contributed by atoms with Crippen LogP contribution in [-0.2, 0) is 5.41 Å². The lowest BCUT2D eigenvalue weighted by atomic mass is 9.87. The molecule has 0 radical (unpaired) electrons. The monoisotopic (exact) mass is 498 g/mol. The van der Waals surface area contributed by atoms with Gasteiger partial charge in [0, 0.05) is 36.0 Å². The van der Waals surface area contributed by atoms with E-state index in [1.54, 1.807) is 30.3 Å². The van der Waals surface area contributed by atoms with Crippen molar-refractivity contribution < 1.29 is 14.1 Å². The third kappa shape index (κ3) is 5.18. The first-order valence-corrected chi connectivity index (χ1v) is 12.6. The zero-order valence-electron chi connectivity index (χ0n) is 21.3. The van der Waals surface area contributed by atoms with Crippen molar-refractivity contribution >= 4 is 34.1 Å². The van der Waals surface area contributed by atoms with Crippen LogP contribution in [-0.4, -0.2) is 28.9 Å². The van der Waals surface area contributed by atoms with Gasteiger partial charge in [-0.3, -0.25) is 14.9 Å². The second-order valence-corrected chi connectivity index (χ2v) is 10.5. The number of fused-ring (bicyclic) bond motifs is 1. The number of nitrogens with zero attached hydrogens (tertiary/aromatic N) is 3. The smallest absolute Gasteiger partial charge is 0.293 e. The molecule has 1 aliphatic heterocycles.